The summed E-state index contributed by atoms with van der Waals surface area (Å²) in [4.78, 5) is 58.8. The number of aromatic nitrogens is 4. The van der Waals surface area contributed by atoms with E-state index < -0.39 is 15.8 Å². The second-order valence-corrected chi connectivity index (χ2v) is 20.1. The van der Waals surface area contributed by atoms with Crippen LogP contribution in [0, 0.1) is 7.43 Å². The molecule has 0 bridgehead atoms. The fourth-order valence-corrected chi connectivity index (χ4v) is 18.0. The molecule has 11 heteroatoms. The molecule has 2 aromatic heterocycles. The van der Waals surface area contributed by atoms with Gasteiger partial charge in [-0.3, -0.25) is 19.2 Å². The topological polar surface area (TPSA) is 88.0 Å². The van der Waals surface area contributed by atoms with Gasteiger partial charge in [0.2, 0.25) is 0 Å². The van der Waals surface area contributed by atoms with Crippen LogP contribution in [0.1, 0.15) is 45.4 Å². The number of fused-ring (bicyclic) bond motifs is 4. The van der Waals surface area contributed by atoms with Gasteiger partial charge in [0.1, 0.15) is 0 Å². The van der Waals surface area contributed by atoms with Crippen LogP contribution in [0.3, 0.4) is 0 Å². The van der Waals surface area contributed by atoms with Crippen LogP contribution in [0.4, 0.5) is 0 Å². The van der Waals surface area contributed by atoms with Crippen molar-refractivity contribution in [3.8, 4) is 0 Å². The van der Waals surface area contributed by atoms with Crippen LogP contribution in [0.5, 0.6) is 0 Å². The monoisotopic (exact) mass is 893 g/mol. The summed E-state index contributed by atoms with van der Waals surface area (Å²) >= 11 is 0. The molecular weight excluding hydrogens is 853 g/mol. The maximum atomic E-state index is 14.7. The zero-order valence-electron chi connectivity index (χ0n) is 31.6. The zero-order chi connectivity index (χ0) is 37.9. The van der Waals surface area contributed by atoms with Gasteiger partial charge in [-0.15, -0.1) is 0 Å². The van der Waals surface area contributed by atoms with E-state index in [1.165, 1.54) is 0 Å². The molecule has 10 rings (SSSR count). The first-order chi connectivity index (χ1) is 27.5. The largest absolute Gasteiger partial charge is 0.358 e. The Morgan fingerprint density at radius 3 is 0.724 bits per heavy atom. The summed E-state index contributed by atoms with van der Waals surface area (Å²) in [5, 5.41) is 1.67. The van der Waals surface area contributed by atoms with Crippen molar-refractivity contribution in [3.05, 3.63) is 241 Å². The Bertz CT molecular complexity index is 2600. The Kier molecular flexibility index (Phi) is 11.0. The quantitative estimate of drug-likeness (QED) is 0.0914. The summed E-state index contributed by atoms with van der Waals surface area (Å²) in [5.41, 5.74) is 3.28. The third-order valence-corrected chi connectivity index (χ3v) is 18.9. The molecular formula is C47H41N4O4P2Pd+. The molecule has 58 heavy (non-hydrogen) atoms. The normalized spacial score (nSPS) is 18.7. The molecule has 8 nitrogen and oxygen atoms in total. The van der Waals surface area contributed by atoms with Crippen molar-refractivity contribution in [1.29, 1.82) is 0 Å². The maximum Gasteiger partial charge on any atom is 0.277 e. The molecule has 2 aliphatic heterocycles. The Balaban J connectivity index is 0.00000235. The summed E-state index contributed by atoms with van der Waals surface area (Å²) < 4.78 is 7.05. The van der Waals surface area contributed by atoms with Gasteiger partial charge < -0.3 is 7.43 Å². The van der Waals surface area contributed by atoms with Gasteiger partial charge in [-0.05, 0) is 24.3 Å². The van der Waals surface area contributed by atoms with Crippen molar-refractivity contribution in [2.24, 2.45) is 0 Å². The predicted molar refractivity (Wildman–Crippen MR) is 236 cm³/mol. The number of hydrogen-bond acceptors (Lipinski definition) is 4. The summed E-state index contributed by atoms with van der Waals surface area (Å²) in [5.74, 6) is -1.39. The molecule has 0 aliphatic carbocycles. The van der Waals surface area contributed by atoms with Gasteiger partial charge in [0.25, 0.3) is 22.2 Å². The van der Waals surface area contributed by atoms with Crippen LogP contribution >= 0.6 is 15.8 Å². The van der Waals surface area contributed by atoms with Gasteiger partial charge in [-0.2, -0.15) is 0 Å². The SMILES string of the molecule is O=c1c2ccccc2c(=O)n2n1[C@H](c1ccccc1)[PH+](CC[PH+]1[C@@H](c3ccccc3)n3c(=O)c4ccccc4c(=O)n3[C@@H]1c1ccccc1)[C@H]2c1ccccc1.[CH3-].[Pd]. The average Bonchev–Trinajstić information content (AvgIpc) is 3.79. The molecule has 6 aromatic carbocycles. The van der Waals surface area contributed by atoms with Gasteiger partial charge in [0.05, 0.1) is 49.7 Å². The second kappa shape index (κ2) is 16.2. The average molecular weight is 894 g/mol. The minimum atomic E-state index is -1.74. The van der Waals surface area contributed by atoms with Crippen LogP contribution in [-0.4, -0.2) is 31.1 Å². The summed E-state index contributed by atoms with van der Waals surface area (Å²) in [6, 6.07) is 54.8. The predicted octanol–water partition coefficient (Wildman–Crippen LogP) is 8.43. The number of rotatable bonds is 7. The molecule has 0 saturated carbocycles. The third kappa shape index (κ3) is 6.24. The first kappa shape index (κ1) is 39.5. The van der Waals surface area contributed by atoms with Crippen LogP contribution < -0.4 is 22.2 Å². The molecule has 4 atom stereocenters. The van der Waals surface area contributed by atoms with E-state index >= 15 is 0 Å². The van der Waals surface area contributed by atoms with E-state index in [0.29, 0.717) is 21.5 Å². The standard InChI is InChI=1S/C46H36N4O4P2.CH3.Pd/c51-39-35-25-13-14-26-36(35)40(52)48-44(32-19-7-2-8-20-32)55(43(47(39)48)31-17-5-1-6-18-31)29-30-56-45(33-21-9-3-10-22-33)49-41(53)37-27-15-16-28-38(37)42(54)50(49)46(56)34-23-11-4-12-24-34;;/h1-28,43-46H,29-30H2;1H3;/q;-1;/p+2/t43-,44-,45-,46-;;/m0../s1. The van der Waals surface area contributed by atoms with Gasteiger partial charge >= 0.3 is 0 Å². The molecule has 0 unspecified atom stereocenters. The van der Waals surface area contributed by atoms with E-state index in [9.17, 15) is 19.2 Å². The summed E-state index contributed by atoms with van der Waals surface area (Å²) in [7, 11) is -3.47. The van der Waals surface area contributed by atoms with Gasteiger partial charge in [-0.25, -0.2) is 18.7 Å². The van der Waals surface area contributed by atoms with Crippen LogP contribution in [0.2, 0.25) is 0 Å². The molecule has 4 heterocycles. The molecule has 2 aliphatic rings. The molecule has 0 spiro atoms. The first-order valence-corrected chi connectivity index (χ1v) is 22.7. The number of nitrogens with zero attached hydrogens (tertiary/aromatic N) is 4. The number of benzene rings is 6. The van der Waals surface area contributed by atoms with E-state index in [2.05, 4.69) is 48.5 Å². The van der Waals surface area contributed by atoms with Gasteiger partial charge in [0, 0.05) is 42.7 Å². The van der Waals surface area contributed by atoms with Crippen molar-refractivity contribution in [2.75, 3.05) is 12.3 Å². The van der Waals surface area contributed by atoms with E-state index in [0.717, 1.165) is 34.6 Å². The summed E-state index contributed by atoms with van der Waals surface area (Å²) in [6.45, 7) is 0. The molecule has 0 radical (unpaired) electrons. The van der Waals surface area contributed by atoms with Crippen molar-refractivity contribution in [2.45, 2.75) is 23.1 Å². The second-order valence-electron chi connectivity index (χ2n) is 14.6. The van der Waals surface area contributed by atoms with Crippen LogP contribution in [-0.2, 0) is 20.4 Å². The van der Waals surface area contributed by atoms with Crippen molar-refractivity contribution >= 4 is 37.4 Å². The van der Waals surface area contributed by atoms with E-state index in [-0.39, 0.29) is 73.2 Å². The zero-order valence-corrected chi connectivity index (χ0v) is 35.2. The van der Waals surface area contributed by atoms with E-state index in [1.807, 2.05) is 97.1 Å². The van der Waals surface area contributed by atoms with Crippen molar-refractivity contribution in [1.82, 2.24) is 18.7 Å². The van der Waals surface area contributed by atoms with Crippen LogP contribution in [0.15, 0.2) is 189 Å². The van der Waals surface area contributed by atoms with E-state index in [4.69, 9.17) is 0 Å². The number of hydrogen-bond donors (Lipinski definition) is 0. The minimum Gasteiger partial charge on any atom is -0.358 e. The molecule has 0 N–H and O–H groups in total. The fourth-order valence-electron chi connectivity index (χ4n) is 9.29. The minimum absolute atomic E-state index is 0. The first-order valence-electron chi connectivity index (χ1n) is 19.0. The smallest absolute Gasteiger partial charge is 0.277 e. The molecule has 8 aromatic rings. The van der Waals surface area contributed by atoms with Gasteiger partial charge in [-0.1, -0.05) is 146 Å². The Hall–Kier alpha value is -5.28. The van der Waals surface area contributed by atoms with Crippen molar-refractivity contribution in [3.63, 3.8) is 0 Å². The maximum absolute atomic E-state index is 14.7. The molecule has 0 amide bonds. The van der Waals surface area contributed by atoms with Gasteiger partial charge in [0.15, 0.2) is 23.1 Å². The molecule has 0 fully saturated rings. The van der Waals surface area contributed by atoms with E-state index in [1.54, 1.807) is 43.0 Å². The Morgan fingerprint density at radius 2 is 0.517 bits per heavy atom. The third-order valence-electron chi connectivity index (χ3n) is 11.6. The Morgan fingerprint density at radius 1 is 0.328 bits per heavy atom. The molecule has 0 saturated heterocycles. The molecule has 292 valence electrons. The van der Waals surface area contributed by atoms with Crippen LogP contribution in [0.25, 0.3) is 21.5 Å². The van der Waals surface area contributed by atoms with Crippen molar-refractivity contribution < 1.29 is 20.4 Å². The Labute approximate surface area is 351 Å². The fraction of sp³-hybridized carbons (Fsp3) is 0.128. The summed E-state index contributed by atoms with van der Waals surface area (Å²) in [6.07, 6.45) is 1.46.